The first kappa shape index (κ1) is 18.3. The quantitative estimate of drug-likeness (QED) is 0.723. The van der Waals surface area contributed by atoms with Crippen LogP contribution in [0, 0.1) is 0 Å². The van der Waals surface area contributed by atoms with Gasteiger partial charge in [0.25, 0.3) is 11.1 Å². The van der Waals surface area contributed by atoms with E-state index in [0.717, 1.165) is 23.1 Å². The number of thioether (sulfide) groups is 1. The number of ether oxygens (including phenoxy) is 1. The maximum absolute atomic E-state index is 12.4. The van der Waals surface area contributed by atoms with Gasteiger partial charge in [-0.1, -0.05) is 0 Å². The lowest BCUT2D eigenvalue weighted by molar-refractivity contribution is -0.122. The molecule has 2 aromatic rings. The molecule has 0 N–H and O–H groups in total. The highest BCUT2D eigenvalue weighted by atomic mass is 32.2. The first-order valence-electron chi connectivity index (χ1n) is 8.12. The van der Waals surface area contributed by atoms with Crippen molar-refractivity contribution in [1.82, 2.24) is 9.80 Å². The van der Waals surface area contributed by atoms with Gasteiger partial charge in [0.05, 0.1) is 12.0 Å². The minimum absolute atomic E-state index is 0.245. The highest BCUT2D eigenvalue weighted by Gasteiger charge is 2.34. The molecule has 2 heterocycles. The fourth-order valence-corrected chi connectivity index (χ4v) is 3.31. The Labute approximate surface area is 156 Å². The number of methoxy groups -OCH3 is 1. The zero-order valence-corrected chi connectivity index (χ0v) is 15.7. The number of carbonyl (C=O) groups is 2. The molecule has 1 saturated heterocycles. The third-order valence-electron chi connectivity index (χ3n) is 3.92. The summed E-state index contributed by atoms with van der Waals surface area (Å²) in [5.74, 6) is 1.72. The van der Waals surface area contributed by atoms with Crippen molar-refractivity contribution in [3.8, 4) is 17.1 Å². The molecule has 2 amide bonds. The molecule has 1 aliphatic rings. The Morgan fingerprint density at radius 3 is 2.54 bits per heavy atom. The summed E-state index contributed by atoms with van der Waals surface area (Å²) in [6.07, 6.45) is 1.62. The Hall–Kier alpha value is -2.51. The molecule has 26 heavy (non-hydrogen) atoms. The Bertz CT molecular complexity index is 839. The number of nitrogens with zero attached hydrogens (tertiary/aromatic N) is 2. The summed E-state index contributed by atoms with van der Waals surface area (Å²) in [4.78, 5) is 28.1. The normalized spacial score (nSPS) is 16.2. The molecule has 0 bridgehead atoms. The van der Waals surface area contributed by atoms with Gasteiger partial charge in [-0.2, -0.15) is 0 Å². The summed E-state index contributed by atoms with van der Waals surface area (Å²) in [5.41, 5.74) is 0.907. The molecule has 136 valence electrons. The van der Waals surface area contributed by atoms with Crippen LogP contribution in [0.3, 0.4) is 0 Å². The van der Waals surface area contributed by atoms with Crippen LogP contribution in [-0.2, 0) is 4.79 Å². The van der Waals surface area contributed by atoms with E-state index in [9.17, 15) is 9.59 Å². The lowest BCUT2D eigenvalue weighted by atomic mass is 10.2. The summed E-state index contributed by atoms with van der Waals surface area (Å²) in [6, 6.07) is 11.1. The second kappa shape index (κ2) is 7.80. The first-order chi connectivity index (χ1) is 12.5. The molecule has 7 heteroatoms. The average molecular weight is 372 g/mol. The first-order valence-corrected chi connectivity index (χ1v) is 8.94. The Morgan fingerprint density at radius 1 is 1.15 bits per heavy atom. The van der Waals surface area contributed by atoms with Crippen LogP contribution in [0.15, 0.2) is 45.7 Å². The summed E-state index contributed by atoms with van der Waals surface area (Å²) < 4.78 is 10.9. The molecule has 3 rings (SSSR count). The number of amides is 2. The third-order valence-corrected chi connectivity index (χ3v) is 4.83. The number of hydrogen-bond acceptors (Lipinski definition) is 6. The van der Waals surface area contributed by atoms with E-state index < -0.39 is 0 Å². The molecule has 1 fully saturated rings. The van der Waals surface area contributed by atoms with Crippen LogP contribution in [0.2, 0.25) is 0 Å². The largest absolute Gasteiger partial charge is 0.497 e. The highest BCUT2D eigenvalue weighted by Crippen LogP contribution is 2.33. The van der Waals surface area contributed by atoms with Crippen LogP contribution in [0.5, 0.6) is 5.75 Å². The zero-order chi connectivity index (χ0) is 18.7. The van der Waals surface area contributed by atoms with Gasteiger partial charge in [0.15, 0.2) is 0 Å². The topological polar surface area (TPSA) is 63.0 Å². The van der Waals surface area contributed by atoms with E-state index in [1.165, 1.54) is 4.90 Å². The fraction of sp³-hybridized carbons (Fsp3) is 0.263. The standard InChI is InChI=1S/C19H20N2O4S/c1-20(2)10-11-21-18(22)17(26-19(21)23)12-15-8-9-16(25-15)13-4-6-14(24-3)7-5-13/h4-9,12H,10-11H2,1-3H3/b17-12-. The van der Waals surface area contributed by atoms with Crippen LogP contribution < -0.4 is 4.74 Å². The van der Waals surface area contributed by atoms with Gasteiger partial charge in [-0.25, -0.2) is 0 Å². The lowest BCUT2D eigenvalue weighted by Gasteiger charge is -2.15. The highest BCUT2D eigenvalue weighted by molar-refractivity contribution is 8.18. The molecule has 0 unspecified atom stereocenters. The minimum Gasteiger partial charge on any atom is -0.497 e. The van der Waals surface area contributed by atoms with Gasteiger partial charge in [-0.3, -0.25) is 14.5 Å². The summed E-state index contributed by atoms with van der Waals surface area (Å²) in [7, 11) is 5.42. The number of rotatable bonds is 6. The van der Waals surface area contributed by atoms with Crippen molar-refractivity contribution in [3.63, 3.8) is 0 Å². The minimum atomic E-state index is -0.274. The zero-order valence-electron chi connectivity index (χ0n) is 14.9. The monoisotopic (exact) mass is 372 g/mol. The molecule has 0 spiro atoms. The van der Waals surface area contributed by atoms with Gasteiger partial charge < -0.3 is 14.1 Å². The van der Waals surface area contributed by atoms with Gasteiger partial charge >= 0.3 is 0 Å². The van der Waals surface area contributed by atoms with E-state index in [1.807, 2.05) is 49.3 Å². The van der Waals surface area contributed by atoms with Crippen molar-refractivity contribution >= 4 is 29.0 Å². The smallest absolute Gasteiger partial charge is 0.293 e. The van der Waals surface area contributed by atoms with Gasteiger partial charge in [-0.15, -0.1) is 0 Å². The van der Waals surface area contributed by atoms with Gasteiger partial charge in [-0.05, 0) is 62.3 Å². The molecule has 6 nitrogen and oxygen atoms in total. The average Bonchev–Trinajstić information content (AvgIpc) is 3.19. The van der Waals surface area contributed by atoms with E-state index in [1.54, 1.807) is 19.3 Å². The molecule has 0 atom stereocenters. The van der Waals surface area contributed by atoms with Crippen LogP contribution in [-0.4, -0.2) is 55.2 Å². The Morgan fingerprint density at radius 2 is 1.88 bits per heavy atom. The molecule has 0 radical (unpaired) electrons. The number of carbonyl (C=O) groups excluding carboxylic acids is 2. The van der Waals surface area contributed by atoms with Gasteiger partial charge in [0.2, 0.25) is 0 Å². The second-order valence-electron chi connectivity index (χ2n) is 6.07. The van der Waals surface area contributed by atoms with E-state index in [0.29, 0.717) is 29.5 Å². The number of imide groups is 1. The van der Waals surface area contributed by atoms with Crippen LogP contribution in [0.25, 0.3) is 17.4 Å². The van der Waals surface area contributed by atoms with E-state index in [-0.39, 0.29) is 11.1 Å². The molecule has 1 aromatic heterocycles. The van der Waals surface area contributed by atoms with Crippen molar-refractivity contribution < 1.29 is 18.7 Å². The predicted molar refractivity (Wildman–Crippen MR) is 102 cm³/mol. The predicted octanol–water partition coefficient (Wildman–Crippen LogP) is 3.55. The summed E-state index contributed by atoms with van der Waals surface area (Å²) in [5, 5.41) is -0.245. The van der Waals surface area contributed by atoms with Gasteiger partial charge in [0.1, 0.15) is 17.3 Å². The number of benzene rings is 1. The van der Waals surface area contributed by atoms with Crippen molar-refractivity contribution in [2.45, 2.75) is 0 Å². The Kier molecular flexibility index (Phi) is 5.49. The van der Waals surface area contributed by atoms with Crippen LogP contribution in [0.1, 0.15) is 5.76 Å². The summed E-state index contributed by atoms with van der Waals surface area (Å²) in [6.45, 7) is 1.01. The Balaban J connectivity index is 1.75. The lowest BCUT2D eigenvalue weighted by Crippen LogP contribution is -2.34. The van der Waals surface area contributed by atoms with E-state index in [2.05, 4.69) is 0 Å². The maximum Gasteiger partial charge on any atom is 0.293 e. The molecule has 0 saturated carbocycles. The van der Waals surface area contributed by atoms with Crippen molar-refractivity contribution in [2.24, 2.45) is 0 Å². The third kappa shape index (κ3) is 4.00. The SMILES string of the molecule is COc1ccc(-c2ccc(/C=C3\SC(=O)N(CCN(C)C)C3=O)o2)cc1. The van der Waals surface area contributed by atoms with Crippen molar-refractivity contribution in [1.29, 1.82) is 0 Å². The molecular formula is C19H20N2O4S. The maximum atomic E-state index is 12.4. The van der Waals surface area contributed by atoms with Crippen LogP contribution >= 0.6 is 11.8 Å². The summed E-state index contributed by atoms with van der Waals surface area (Å²) >= 11 is 0.942. The number of furan rings is 1. The number of likely N-dealkylation sites (N-methyl/N-ethyl adjacent to an activating group) is 1. The van der Waals surface area contributed by atoms with Crippen molar-refractivity contribution in [3.05, 3.63) is 47.1 Å². The number of hydrogen-bond donors (Lipinski definition) is 0. The second-order valence-corrected chi connectivity index (χ2v) is 7.06. The molecule has 1 aromatic carbocycles. The van der Waals surface area contributed by atoms with Crippen LogP contribution in [0.4, 0.5) is 4.79 Å². The molecule has 0 aliphatic carbocycles. The van der Waals surface area contributed by atoms with Gasteiger partial charge in [0, 0.05) is 24.7 Å². The molecule has 1 aliphatic heterocycles. The van der Waals surface area contributed by atoms with Crippen molar-refractivity contribution in [2.75, 3.05) is 34.3 Å². The van der Waals surface area contributed by atoms with E-state index >= 15 is 0 Å². The van der Waals surface area contributed by atoms with E-state index in [4.69, 9.17) is 9.15 Å². The molecular weight excluding hydrogens is 352 g/mol. The fourth-order valence-electron chi connectivity index (χ4n) is 2.46.